The quantitative estimate of drug-likeness (QED) is 0.662. The number of hydrogen-bond acceptors (Lipinski definition) is 5. The Labute approximate surface area is 154 Å². The predicted octanol–water partition coefficient (Wildman–Crippen LogP) is 4.74. The zero-order valence-corrected chi connectivity index (χ0v) is 14.0. The second-order valence-electron chi connectivity index (χ2n) is 4.59. The van der Waals surface area contributed by atoms with Crippen molar-refractivity contribution in [3.8, 4) is 22.9 Å². The van der Waals surface area contributed by atoms with Gasteiger partial charge in [-0.3, -0.25) is 4.98 Å². The Morgan fingerprint density at radius 3 is 2.15 bits per heavy atom. The van der Waals surface area contributed by atoms with E-state index >= 15 is 0 Å². The minimum Gasteiger partial charge on any atom is -0.475 e. The van der Waals surface area contributed by atoms with E-state index in [1.807, 2.05) is 6.07 Å². The molecule has 0 atom stereocenters. The molecular formula is C15H8Cl2F3N3O3. The highest BCUT2D eigenvalue weighted by Crippen LogP contribution is 2.29. The van der Waals surface area contributed by atoms with E-state index in [-0.39, 0.29) is 0 Å². The third kappa shape index (κ3) is 5.17. The molecule has 26 heavy (non-hydrogen) atoms. The van der Waals surface area contributed by atoms with Crippen molar-refractivity contribution in [3.63, 3.8) is 0 Å². The normalized spacial score (nSPS) is 10.8. The number of hydrogen-bond donors (Lipinski definition) is 1. The molecule has 1 aromatic carbocycles. The highest BCUT2D eigenvalue weighted by Gasteiger charge is 2.38. The predicted molar refractivity (Wildman–Crippen MR) is 86.7 cm³/mol. The summed E-state index contributed by atoms with van der Waals surface area (Å²) in [5.41, 5.74) is 1.48. The number of carboxylic acids is 1. The molecule has 6 nitrogen and oxygen atoms in total. The third-order valence-electron chi connectivity index (χ3n) is 2.74. The molecule has 0 saturated carbocycles. The van der Waals surface area contributed by atoms with Crippen molar-refractivity contribution >= 4 is 29.2 Å². The van der Waals surface area contributed by atoms with Gasteiger partial charge in [-0.05, 0) is 30.3 Å². The van der Waals surface area contributed by atoms with Gasteiger partial charge >= 0.3 is 12.1 Å². The molecule has 0 amide bonds. The summed E-state index contributed by atoms with van der Waals surface area (Å²) in [5.74, 6) is -1.96. The molecule has 1 N–H and O–H groups in total. The van der Waals surface area contributed by atoms with E-state index in [4.69, 9.17) is 37.5 Å². The molecule has 0 fully saturated rings. The second kappa shape index (κ2) is 8.15. The van der Waals surface area contributed by atoms with Gasteiger partial charge in [-0.25, -0.2) is 4.79 Å². The van der Waals surface area contributed by atoms with Crippen molar-refractivity contribution in [2.45, 2.75) is 6.18 Å². The lowest BCUT2D eigenvalue weighted by atomic mass is 10.2. The fourth-order valence-corrected chi connectivity index (χ4v) is 1.87. The summed E-state index contributed by atoms with van der Waals surface area (Å²) in [6.07, 6.45) is -1.74. The molecule has 0 radical (unpaired) electrons. The van der Waals surface area contributed by atoms with Gasteiger partial charge in [0.05, 0.1) is 15.6 Å². The SMILES string of the molecule is Clc1ccc(-c2nnc(-c3cccnc3)o2)cc1Cl.O=C(O)C(F)(F)F. The third-order valence-corrected chi connectivity index (χ3v) is 3.48. The Morgan fingerprint density at radius 2 is 1.65 bits per heavy atom. The van der Waals surface area contributed by atoms with Crippen LogP contribution in [0, 0.1) is 0 Å². The van der Waals surface area contributed by atoms with E-state index in [0.29, 0.717) is 21.8 Å². The number of aromatic nitrogens is 3. The Morgan fingerprint density at radius 1 is 1.04 bits per heavy atom. The lowest BCUT2D eigenvalue weighted by molar-refractivity contribution is -0.192. The van der Waals surface area contributed by atoms with Crippen LogP contribution < -0.4 is 0 Å². The highest BCUT2D eigenvalue weighted by atomic mass is 35.5. The van der Waals surface area contributed by atoms with Crippen molar-refractivity contribution in [2.24, 2.45) is 0 Å². The summed E-state index contributed by atoms with van der Waals surface area (Å²) in [5, 5.41) is 16.0. The van der Waals surface area contributed by atoms with Crippen molar-refractivity contribution in [3.05, 3.63) is 52.8 Å². The Bertz CT molecular complexity index is 902. The van der Waals surface area contributed by atoms with Gasteiger partial charge in [0, 0.05) is 18.0 Å². The van der Waals surface area contributed by atoms with E-state index in [9.17, 15) is 13.2 Å². The maximum atomic E-state index is 10.6. The number of alkyl halides is 3. The van der Waals surface area contributed by atoms with Crippen LogP contribution in [0.15, 0.2) is 47.1 Å². The van der Waals surface area contributed by atoms with Crippen molar-refractivity contribution < 1.29 is 27.5 Å². The number of benzene rings is 1. The minimum absolute atomic E-state index is 0.386. The minimum atomic E-state index is -5.08. The smallest absolute Gasteiger partial charge is 0.475 e. The van der Waals surface area contributed by atoms with Gasteiger partial charge in [-0.2, -0.15) is 13.2 Å². The second-order valence-corrected chi connectivity index (χ2v) is 5.40. The number of aliphatic carboxylic acids is 1. The highest BCUT2D eigenvalue weighted by molar-refractivity contribution is 6.42. The van der Waals surface area contributed by atoms with Crippen LogP contribution in [0.25, 0.3) is 22.9 Å². The Kier molecular flexibility index (Phi) is 6.17. The van der Waals surface area contributed by atoms with Gasteiger partial charge in [0.2, 0.25) is 11.8 Å². The van der Waals surface area contributed by atoms with E-state index < -0.39 is 12.1 Å². The molecule has 11 heteroatoms. The lowest BCUT2D eigenvalue weighted by Crippen LogP contribution is -2.21. The molecular weight excluding hydrogens is 398 g/mol. The first kappa shape index (κ1) is 19.7. The molecule has 2 aromatic heterocycles. The number of halogens is 5. The van der Waals surface area contributed by atoms with Gasteiger partial charge in [0.1, 0.15) is 0 Å². The first-order valence-corrected chi connectivity index (χ1v) is 7.43. The molecule has 0 aliphatic heterocycles. The average Bonchev–Trinajstić information content (AvgIpc) is 3.08. The topological polar surface area (TPSA) is 89.1 Å². The van der Waals surface area contributed by atoms with Crippen LogP contribution in [0.2, 0.25) is 10.0 Å². The van der Waals surface area contributed by atoms with Crippen molar-refractivity contribution in [2.75, 3.05) is 0 Å². The number of carboxylic acid groups (broad SMARTS) is 1. The largest absolute Gasteiger partial charge is 0.490 e. The molecule has 136 valence electrons. The average molecular weight is 406 g/mol. The van der Waals surface area contributed by atoms with Crippen LogP contribution in [0.5, 0.6) is 0 Å². The molecule has 3 aromatic rings. The number of rotatable bonds is 2. The summed E-state index contributed by atoms with van der Waals surface area (Å²) in [7, 11) is 0. The maximum absolute atomic E-state index is 10.6. The molecule has 0 aliphatic carbocycles. The van der Waals surface area contributed by atoms with Crippen molar-refractivity contribution in [1.29, 1.82) is 0 Å². The van der Waals surface area contributed by atoms with Gasteiger partial charge < -0.3 is 9.52 Å². The molecule has 0 saturated heterocycles. The first-order chi connectivity index (χ1) is 12.2. The number of pyridine rings is 1. The van der Waals surface area contributed by atoms with Crippen LogP contribution in [0.4, 0.5) is 13.2 Å². The lowest BCUT2D eigenvalue weighted by Gasteiger charge is -1.97. The monoisotopic (exact) mass is 405 g/mol. The van der Waals surface area contributed by atoms with E-state index in [0.717, 1.165) is 11.1 Å². The van der Waals surface area contributed by atoms with Gasteiger partial charge in [0.25, 0.3) is 0 Å². The van der Waals surface area contributed by atoms with Crippen LogP contribution in [-0.4, -0.2) is 32.4 Å². The number of carbonyl (C=O) groups is 1. The molecule has 0 bridgehead atoms. The molecule has 0 aliphatic rings. The van der Waals surface area contributed by atoms with Gasteiger partial charge in [-0.1, -0.05) is 23.2 Å². The standard InChI is InChI=1S/C13H7Cl2N3O.C2HF3O2/c14-10-4-3-8(6-11(10)15)12-17-18-13(19-12)9-2-1-5-16-7-9;3-2(4,5)1(6)7/h1-7H;(H,6,7). The van der Waals surface area contributed by atoms with Crippen LogP contribution in [0.3, 0.4) is 0 Å². The van der Waals surface area contributed by atoms with Crippen molar-refractivity contribution in [1.82, 2.24) is 15.2 Å². The fraction of sp³-hybridized carbons (Fsp3) is 0.0667. The Hall–Kier alpha value is -2.65. The summed E-state index contributed by atoms with van der Waals surface area (Å²) < 4.78 is 37.3. The molecule has 0 unspecified atom stereocenters. The maximum Gasteiger partial charge on any atom is 0.490 e. The van der Waals surface area contributed by atoms with Gasteiger partial charge in [-0.15, -0.1) is 10.2 Å². The van der Waals surface area contributed by atoms with Crippen LogP contribution in [-0.2, 0) is 4.79 Å². The van der Waals surface area contributed by atoms with Crippen LogP contribution >= 0.6 is 23.2 Å². The zero-order valence-electron chi connectivity index (χ0n) is 12.5. The summed E-state index contributed by atoms with van der Waals surface area (Å²) in [6, 6.07) is 8.80. The number of nitrogens with zero attached hydrogens (tertiary/aromatic N) is 3. The molecule has 2 heterocycles. The van der Waals surface area contributed by atoms with E-state index in [1.165, 1.54) is 0 Å². The summed E-state index contributed by atoms with van der Waals surface area (Å²) in [6.45, 7) is 0. The van der Waals surface area contributed by atoms with E-state index in [2.05, 4.69) is 15.2 Å². The Balaban J connectivity index is 0.000000298. The first-order valence-electron chi connectivity index (χ1n) is 6.68. The zero-order chi connectivity index (χ0) is 19.3. The molecule has 3 rings (SSSR count). The van der Waals surface area contributed by atoms with E-state index in [1.54, 1.807) is 36.7 Å². The summed E-state index contributed by atoms with van der Waals surface area (Å²) in [4.78, 5) is 12.9. The van der Waals surface area contributed by atoms with Gasteiger partial charge in [0.15, 0.2) is 0 Å². The van der Waals surface area contributed by atoms with Crippen LogP contribution in [0.1, 0.15) is 0 Å². The summed E-state index contributed by atoms with van der Waals surface area (Å²) >= 11 is 11.8. The fourth-order valence-electron chi connectivity index (χ4n) is 1.57. The molecule has 0 spiro atoms.